The van der Waals surface area contributed by atoms with Gasteiger partial charge in [0.1, 0.15) is 0 Å². The van der Waals surface area contributed by atoms with Gasteiger partial charge in [0.2, 0.25) is 0 Å². The molecule has 0 aromatic heterocycles. The van der Waals surface area contributed by atoms with Crippen molar-refractivity contribution in [2.45, 2.75) is 0 Å². The molecule has 0 bridgehead atoms. The van der Waals surface area contributed by atoms with Crippen LogP contribution in [-0.4, -0.2) is 71.8 Å². The summed E-state index contributed by atoms with van der Waals surface area (Å²) in [5, 5.41) is 0. The molecule has 0 saturated carbocycles. The van der Waals surface area contributed by atoms with Crippen LogP contribution in [0.2, 0.25) is 0 Å². The van der Waals surface area contributed by atoms with Crippen LogP contribution >= 0.6 is 0 Å². The third-order valence-corrected chi connectivity index (χ3v) is 4.58. The summed E-state index contributed by atoms with van der Waals surface area (Å²) in [6.07, 6.45) is 0. The van der Waals surface area contributed by atoms with E-state index in [1.54, 1.807) is 0 Å². The van der Waals surface area contributed by atoms with Gasteiger partial charge in [-0.2, -0.15) is 25.3 Å². The summed E-state index contributed by atoms with van der Waals surface area (Å²) in [5.74, 6) is 0. The molecule has 1 aliphatic rings. The molecule has 18 heavy (non-hydrogen) atoms. The third kappa shape index (κ3) is 3.80. The Bertz CT molecular complexity index is 523. The average Bonchev–Trinajstić information content (AvgIpc) is 2.13. The number of nitrogens with zero attached hydrogens (tertiary/aromatic N) is 3. The summed E-state index contributed by atoms with van der Waals surface area (Å²) < 4.78 is 91.0. The van der Waals surface area contributed by atoms with Gasteiger partial charge in [0.25, 0.3) is 0 Å². The van der Waals surface area contributed by atoms with Crippen LogP contribution in [0.4, 0.5) is 0 Å². The van der Waals surface area contributed by atoms with Gasteiger partial charge in [-0.15, -0.1) is 12.9 Å². The van der Waals surface area contributed by atoms with Crippen LogP contribution in [0.5, 0.6) is 0 Å². The van der Waals surface area contributed by atoms with Crippen molar-refractivity contribution in [3.05, 3.63) is 0 Å². The molecule has 0 radical (unpaired) electrons. The highest BCUT2D eigenvalue weighted by Crippen LogP contribution is 2.15. The van der Waals surface area contributed by atoms with E-state index in [0.717, 1.165) is 0 Å². The van der Waals surface area contributed by atoms with Crippen molar-refractivity contribution in [2.24, 2.45) is 0 Å². The first kappa shape index (κ1) is 15.7. The fraction of sp³-hybridized carbons (Fsp3) is 1.00. The van der Waals surface area contributed by atoms with Gasteiger partial charge in [-0.3, -0.25) is 13.7 Å². The van der Waals surface area contributed by atoms with Gasteiger partial charge in [-0.1, -0.05) is 0 Å². The lowest BCUT2D eigenvalue weighted by molar-refractivity contribution is 0.105. The standard InChI is InChI=1S/C3H9N3O9S3/c7-16(8,9)4-1-5(17(10,11)12)3-6(2-4)18(13,14)15/h1-3H2,(H,7,8,9)(H,10,11,12)(H,13,14,15). The monoisotopic (exact) mass is 327 g/mol. The van der Waals surface area contributed by atoms with E-state index in [2.05, 4.69) is 0 Å². The lowest BCUT2D eigenvalue weighted by Gasteiger charge is -2.35. The maximum Gasteiger partial charge on any atom is 0.338 e. The number of hydrogen-bond acceptors (Lipinski definition) is 6. The van der Waals surface area contributed by atoms with Crippen molar-refractivity contribution in [2.75, 3.05) is 20.0 Å². The van der Waals surface area contributed by atoms with Crippen LogP contribution in [0, 0.1) is 0 Å². The SMILES string of the molecule is O=S(=O)(O)N1CN(S(=O)(=O)O)CN(S(=O)(=O)O)C1. The first-order valence-corrected chi connectivity index (χ1v) is 8.18. The molecule has 1 rings (SSSR count). The summed E-state index contributed by atoms with van der Waals surface area (Å²) in [5.41, 5.74) is 0. The Morgan fingerprint density at radius 3 is 0.833 bits per heavy atom. The van der Waals surface area contributed by atoms with E-state index in [-0.39, 0.29) is 12.9 Å². The lowest BCUT2D eigenvalue weighted by Crippen LogP contribution is -2.58. The molecular weight excluding hydrogens is 318 g/mol. The van der Waals surface area contributed by atoms with Gasteiger partial charge in [-0.25, -0.2) is 0 Å². The first-order chi connectivity index (χ1) is 7.82. The van der Waals surface area contributed by atoms with Gasteiger partial charge in [0, 0.05) is 0 Å². The minimum Gasteiger partial charge on any atom is -0.273 e. The van der Waals surface area contributed by atoms with Crippen molar-refractivity contribution in [3.8, 4) is 0 Å². The van der Waals surface area contributed by atoms with E-state index < -0.39 is 50.9 Å². The van der Waals surface area contributed by atoms with E-state index in [9.17, 15) is 25.3 Å². The molecule has 1 aliphatic heterocycles. The van der Waals surface area contributed by atoms with Gasteiger partial charge in [0.15, 0.2) is 0 Å². The molecule has 0 amide bonds. The third-order valence-electron chi connectivity index (χ3n) is 1.93. The van der Waals surface area contributed by atoms with Crippen LogP contribution in [0.3, 0.4) is 0 Å². The predicted octanol–water partition coefficient (Wildman–Crippen LogP) is -2.81. The van der Waals surface area contributed by atoms with Gasteiger partial charge < -0.3 is 0 Å². The minimum absolute atomic E-state index is 0.0119. The predicted molar refractivity (Wildman–Crippen MR) is 54.8 cm³/mol. The molecule has 1 fully saturated rings. The van der Waals surface area contributed by atoms with E-state index in [0.29, 0.717) is 0 Å². The van der Waals surface area contributed by atoms with Crippen molar-refractivity contribution in [1.82, 2.24) is 12.9 Å². The molecule has 0 aromatic rings. The highest BCUT2D eigenvalue weighted by Gasteiger charge is 2.39. The van der Waals surface area contributed by atoms with Crippen molar-refractivity contribution >= 4 is 30.9 Å². The zero-order valence-electron chi connectivity index (χ0n) is 8.48. The largest absolute Gasteiger partial charge is 0.338 e. The van der Waals surface area contributed by atoms with E-state index in [1.807, 2.05) is 0 Å². The molecule has 12 nitrogen and oxygen atoms in total. The summed E-state index contributed by atoms with van der Waals surface area (Å²) in [6, 6.07) is 0. The van der Waals surface area contributed by atoms with Crippen LogP contribution < -0.4 is 0 Å². The molecule has 0 spiro atoms. The minimum atomic E-state index is -4.91. The molecule has 0 aliphatic carbocycles. The number of rotatable bonds is 3. The normalized spacial score (nSPS) is 22.2. The van der Waals surface area contributed by atoms with Crippen LogP contribution in [0.1, 0.15) is 0 Å². The zero-order chi connectivity index (χ0) is 14.4. The smallest absolute Gasteiger partial charge is 0.273 e. The Morgan fingerprint density at radius 1 is 0.556 bits per heavy atom. The van der Waals surface area contributed by atoms with Crippen molar-refractivity contribution < 1.29 is 38.9 Å². The maximum absolute atomic E-state index is 10.8. The average molecular weight is 327 g/mol. The van der Waals surface area contributed by atoms with E-state index in [1.165, 1.54) is 0 Å². The van der Waals surface area contributed by atoms with E-state index >= 15 is 0 Å². The second-order valence-corrected chi connectivity index (χ2v) is 7.45. The van der Waals surface area contributed by atoms with Crippen LogP contribution in [0.15, 0.2) is 0 Å². The summed E-state index contributed by atoms with van der Waals surface area (Å²) in [6.45, 7) is -2.99. The van der Waals surface area contributed by atoms with Crippen LogP contribution in [0.25, 0.3) is 0 Å². The Kier molecular flexibility index (Phi) is 4.02. The maximum atomic E-state index is 10.8. The molecule has 0 aromatic carbocycles. The Labute approximate surface area is 103 Å². The molecule has 0 unspecified atom stereocenters. The van der Waals surface area contributed by atoms with Gasteiger partial charge >= 0.3 is 30.9 Å². The Morgan fingerprint density at radius 2 is 0.722 bits per heavy atom. The zero-order valence-corrected chi connectivity index (χ0v) is 10.9. The highest BCUT2D eigenvalue weighted by atomic mass is 32.2. The molecule has 15 heteroatoms. The lowest BCUT2D eigenvalue weighted by atomic mass is 10.8. The van der Waals surface area contributed by atoms with Gasteiger partial charge in [0.05, 0.1) is 20.0 Å². The molecule has 108 valence electrons. The molecule has 0 atom stereocenters. The molecular formula is C3H9N3O9S3. The first-order valence-electron chi connectivity index (χ1n) is 3.99. The Hall–Kier alpha value is -0.390. The summed E-state index contributed by atoms with van der Waals surface area (Å²) in [4.78, 5) is 0. The second-order valence-electron chi connectivity index (χ2n) is 3.21. The Balaban J connectivity index is 3.16. The summed E-state index contributed by atoms with van der Waals surface area (Å²) in [7, 11) is -14.7. The highest BCUT2D eigenvalue weighted by molar-refractivity contribution is 7.85. The summed E-state index contributed by atoms with van der Waals surface area (Å²) >= 11 is 0. The quantitative estimate of drug-likeness (QED) is 0.462. The topological polar surface area (TPSA) is 173 Å². The van der Waals surface area contributed by atoms with E-state index in [4.69, 9.17) is 13.7 Å². The fourth-order valence-corrected chi connectivity index (χ4v) is 3.03. The molecule has 1 saturated heterocycles. The fourth-order valence-electron chi connectivity index (χ4n) is 1.10. The van der Waals surface area contributed by atoms with Crippen molar-refractivity contribution in [3.63, 3.8) is 0 Å². The number of hydrogen-bond donors (Lipinski definition) is 3. The molecule has 3 N–H and O–H groups in total. The van der Waals surface area contributed by atoms with Crippen LogP contribution in [-0.2, 0) is 30.9 Å². The van der Waals surface area contributed by atoms with Gasteiger partial charge in [-0.05, 0) is 0 Å². The van der Waals surface area contributed by atoms with Crippen molar-refractivity contribution in [1.29, 1.82) is 0 Å². The molecule has 1 heterocycles. The second kappa shape index (κ2) is 4.62.